The third-order valence-corrected chi connectivity index (χ3v) is 3.85. The minimum absolute atomic E-state index is 0.708. The van der Waals surface area contributed by atoms with Crippen LogP contribution in [0.1, 0.15) is 32.1 Å². The Kier molecular flexibility index (Phi) is 1.64. The molecular weight excluding hydrogens is 174 g/mol. The third-order valence-electron chi connectivity index (χ3n) is 3.85. The number of anilines is 1. The first-order valence-corrected chi connectivity index (χ1v) is 5.51. The lowest BCUT2D eigenvalue weighted by Crippen LogP contribution is -2.49. The zero-order valence-electron chi connectivity index (χ0n) is 8.66. The second-order valence-electron chi connectivity index (χ2n) is 5.01. The first-order valence-electron chi connectivity index (χ1n) is 5.51. The minimum atomic E-state index is 0.708. The van der Waals surface area contributed by atoms with Crippen LogP contribution in [0.4, 0.5) is 5.69 Å². The molecule has 1 heterocycles. The van der Waals surface area contributed by atoms with Crippen molar-refractivity contribution in [2.24, 2.45) is 12.5 Å². The van der Waals surface area contributed by atoms with Gasteiger partial charge >= 0.3 is 0 Å². The quantitative estimate of drug-likeness (QED) is 0.776. The van der Waals surface area contributed by atoms with E-state index in [0.717, 1.165) is 5.41 Å². The maximum Gasteiger partial charge on any atom is 0.0728 e. The van der Waals surface area contributed by atoms with Crippen LogP contribution >= 0.6 is 0 Å². The summed E-state index contributed by atoms with van der Waals surface area (Å²) < 4.78 is 1.85. The number of hydrogen-bond donors (Lipinski definition) is 1. The van der Waals surface area contributed by atoms with Gasteiger partial charge in [0.1, 0.15) is 0 Å². The number of aromatic nitrogens is 2. The van der Waals surface area contributed by atoms with Gasteiger partial charge in [0.05, 0.1) is 11.9 Å². The normalized spacial score (nSPS) is 24.4. The molecule has 0 unspecified atom stereocenters. The van der Waals surface area contributed by atoms with E-state index in [-0.39, 0.29) is 0 Å². The Morgan fingerprint density at radius 2 is 2.29 bits per heavy atom. The van der Waals surface area contributed by atoms with E-state index in [2.05, 4.69) is 10.4 Å². The Balaban J connectivity index is 1.55. The van der Waals surface area contributed by atoms with Gasteiger partial charge in [-0.3, -0.25) is 4.68 Å². The van der Waals surface area contributed by atoms with E-state index in [1.807, 2.05) is 24.1 Å². The van der Waals surface area contributed by atoms with E-state index < -0.39 is 0 Å². The molecular formula is C11H17N3. The summed E-state index contributed by atoms with van der Waals surface area (Å²) in [7, 11) is 1.96. The van der Waals surface area contributed by atoms with E-state index in [1.165, 1.54) is 37.8 Å². The summed E-state index contributed by atoms with van der Waals surface area (Å²) in [6.45, 7) is 0. The van der Waals surface area contributed by atoms with Crippen molar-refractivity contribution < 1.29 is 0 Å². The van der Waals surface area contributed by atoms with Crippen LogP contribution in [0.2, 0.25) is 0 Å². The van der Waals surface area contributed by atoms with Gasteiger partial charge < -0.3 is 5.32 Å². The van der Waals surface area contributed by atoms with E-state index in [4.69, 9.17) is 0 Å². The third kappa shape index (κ3) is 1.22. The maximum atomic E-state index is 4.15. The smallest absolute Gasteiger partial charge is 0.0728 e. The van der Waals surface area contributed by atoms with Crippen LogP contribution in [-0.2, 0) is 7.05 Å². The molecule has 2 saturated carbocycles. The van der Waals surface area contributed by atoms with Gasteiger partial charge in [0, 0.05) is 19.3 Å². The molecule has 0 aromatic carbocycles. The lowest BCUT2D eigenvalue weighted by Gasteiger charge is -2.54. The summed E-state index contributed by atoms with van der Waals surface area (Å²) in [5, 5.41) is 7.69. The Morgan fingerprint density at radius 1 is 1.50 bits per heavy atom. The van der Waals surface area contributed by atoms with Crippen LogP contribution < -0.4 is 5.32 Å². The second-order valence-corrected chi connectivity index (χ2v) is 5.01. The van der Waals surface area contributed by atoms with Crippen LogP contribution in [0.25, 0.3) is 0 Å². The van der Waals surface area contributed by atoms with E-state index >= 15 is 0 Å². The molecule has 1 N–H and O–H groups in total. The van der Waals surface area contributed by atoms with Crippen molar-refractivity contribution in [3.05, 3.63) is 12.4 Å². The second kappa shape index (κ2) is 2.75. The summed E-state index contributed by atoms with van der Waals surface area (Å²) >= 11 is 0. The highest BCUT2D eigenvalue weighted by atomic mass is 15.3. The summed E-state index contributed by atoms with van der Waals surface area (Å²) in [5.74, 6) is 0. The molecule has 2 aliphatic carbocycles. The van der Waals surface area contributed by atoms with Gasteiger partial charge in [0.2, 0.25) is 0 Å². The molecule has 0 radical (unpaired) electrons. The summed E-state index contributed by atoms with van der Waals surface area (Å²) in [6.07, 6.45) is 11.1. The van der Waals surface area contributed by atoms with Crippen molar-refractivity contribution in [2.75, 3.05) is 5.32 Å². The van der Waals surface area contributed by atoms with Crippen molar-refractivity contribution in [2.45, 2.75) is 38.1 Å². The molecule has 0 bridgehead atoms. The molecule has 0 saturated heterocycles. The van der Waals surface area contributed by atoms with Crippen LogP contribution in [0.15, 0.2) is 12.4 Å². The van der Waals surface area contributed by atoms with E-state index in [1.54, 1.807) is 0 Å². The van der Waals surface area contributed by atoms with Gasteiger partial charge in [-0.25, -0.2) is 0 Å². The lowest BCUT2D eigenvalue weighted by atomic mass is 9.54. The fourth-order valence-corrected chi connectivity index (χ4v) is 2.90. The van der Waals surface area contributed by atoms with Crippen LogP contribution in [0.3, 0.4) is 0 Å². The van der Waals surface area contributed by atoms with Gasteiger partial charge in [0.15, 0.2) is 0 Å². The monoisotopic (exact) mass is 191 g/mol. The fourth-order valence-electron chi connectivity index (χ4n) is 2.90. The van der Waals surface area contributed by atoms with Crippen LogP contribution in [0, 0.1) is 5.41 Å². The molecule has 2 fully saturated rings. The highest BCUT2D eigenvalue weighted by Gasteiger charge is 2.47. The molecule has 1 spiro atoms. The Morgan fingerprint density at radius 3 is 2.79 bits per heavy atom. The van der Waals surface area contributed by atoms with Crippen molar-refractivity contribution in [3.63, 3.8) is 0 Å². The van der Waals surface area contributed by atoms with Crippen LogP contribution in [0.5, 0.6) is 0 Å². The molecule has 14 heavy (non-hydrogen) atoms. The predicted octanol–water partition coefficient (Wildman–Crippen LogP) is 2.16. The first-order chi connectivity index (χ1) is 6.76. The Labute approximate surface area is 84.5 Å². The number of aryl methyl sites for hydroxylation is 1. The number of nitrogens with one attached hydrogen (secondary N) is 1. The van der Waals surface area contributed by atoms with Gasteiger partial charge in [-0.1, -0.05) is 6.42 Å². The molecule has 76 valence electrons. The maximum absolute atomic E-state index is 4.15. The highest BCUT2D eigenvalue weighted by Crippen LogP contribution is 2.56. The average Bonchev–Trinajstić information content (AvgIpc) is 2.39. The molecule has 3 nitrogen and oxygen atoms in total. The molecule has 0 aliphatic heterocycles. The van der Waals surface area contributed by atoms with E-state index in [9.17, 15) is 0 Å². The summed E-state index contributed by atoms with van der Waals surface area (Å²) in [6, 6.07) is 0.708. The van der Waals surface area contributed by atoms with Crippen LogP contribution in [-0.4, -0.2) is 15.8 Å². The summed E-state index contributed by atoms with van der Waals surface area (Å²) in [5.41, 5.74) is 1.94. The van der Waals surface area contributed by atoms with Crippen molar-refractivity contribution in [1.29, 1.82) is 0 Å². The molecule has 2 aliphatic rings. The van der Waals surface area contributed by atoms with E-state index in [0.29, 0.717) is 6.04 Å². The SMILES string of the molecule is Cn1cc(NC2CC3(CCC3)C2)cn1. The van der Waals surface area contributed by atoms with Crippen molar-refractivity contribution in [3.8, 4) is 0 Å². The van der Waals surface area contributed by atoms with Gasteiger partial charge in [0.25, 0.3) is 0 Å². The van der Waals surface area contributed by atoms with Gasteiger partial charge in [-0.05, 0) is 31.1 Å². The number of rotatable bonds is 2. The highest BCUT2D eigenvalue weighted by molar-refractivity contribution is 5.40. The first kappa shape index (κ1) is 8.33. The van der Waals surface area contributed by atoms with Crippen molar-refractivity contribution in [1.82, 2.24) is 9.78 Å². The average molecular weight is 191 g/mol. The predicted molar refractivity (Wildman–Crippen MR) is 56.1 cm³/mol. The molecule has 0 atom stereocenters. The number of nitrogens with zero attached hydrogens (tertiary/aromatic N) is 2. The molecule has 1 aromatic heterocycles. The zero-order valence-corrected chi connectivity index (χ0v) is 8.66. The standard InChI is InChI=1S/C11H17N3/c1-14-8-10(7-12-14)13-9-5-11(6-9)3-2-4-11/h7-9,13H,2-6H2,1H3. The van der Waals surface area contributed by atoms with Crippen molar-refractivity contribution >= 4 is 5.69 Å². The van der Waals surface area contributed by atoms with Gasteiger partial charge in [-0.2, -0.15) is 5.10 Å². The lowest BCUT2D eigenvalue weighted by molar-refractivity contribution is 0.0192. The molecule has 3 rings (SSSR count). The topological polar surface area (TPSA) is 29.9 Å². The zero-order chi connectivity index (χ0) is 9.60. The Bertz CT molecular complexity index is 330. The molecule has 1 aromatic rings. The summed E-state index contributed by atoms with van der Waals surface area (Å²) in [4.78, 5) is 0. The number of hydrogen-bond acceptors (Lipinski definition) is 2. The van der Waals surface area contributed by atoms with Gasteiger partial charge in [-0.15, -0.1) is 0 Å². The Hall–Kier alpha value is -0.990. The minimum Gasteiger partial charge on any atom is -0.380 e. The fraction of sp³-hybridized carbons (Fsp3) is 0.727. The largest absolute Gasteiger partial charge is 0.380 e. The molecule has 3 heteroatoms. The molecule has 0 amide bonds.